The number of anilines is 1. The van der Waals surface area contributed by atoms with Gasteiger partial charge in [-0.15, -0.1) is 0 Å². The zero-order valence-electron chi connectivity index (χ0n) is 26.9. The molecule has 0 aliphatic carbocycles. The van der Waals surface area contributed by atoms with Crippen molar-refractivity contribution in [3.63, 3.8) is 0 Å². The number of hydrogen-bond acceptors (Lipinski definition) is 3. The van der Waals surface area contributed by atoms with Crippen LogP contribution in [0.15, 0.2) is 133 Å². The minimum absolute atomic E-state index is 0.0587. The van der Waals surface area contributed by atoms with Crippen molar-refractivity contribution < 1.29 is 0 Å². The highest BCUT2D eigenvalue weighted by atomic mass is 15.1. The lowest BCUT2D eigenvalue weighted by atomic mass is 9.79. The van der Waals surface area contributed by atoms with Gasteiger partial charge < -0.3 is 15.5 Å². The van der Waals surface area contributed by atoms with Crippen LogP contribution in [0.5, 0.6) is 0 Å². The first kappa shape index (κ1) is 34.4. The highest BCUT2D eigenvalue weighted by molar-refractivity contribution is 5.97. The van der Waals surface area contributed by atoms with Crippen LogP contribution in [0.4, 0.5) is 5.69 Å². The van der Waals surface area contributed by atoms with Crippen molar-refractivity contribution >= 4 is 16.5 Å². The second kappa shape index (κ2) is 19.3. The van der Waals surface area contributed by atoms with Gasteiger partial charge in [0.2, 0.25) is 0 Å². The number of nitrogens with one attached hydrogen (secondary N) is 2. The Kier molecular flexibility index (Phi) is 15.8. The van der Waals surface area contributed by atoms with Crippen molar-refractivity contribution in [1.82, 2.24) is 10.2 Å². The molecule has 0 aliphatic heterocycles. The summed E-state index contributed by atoms with van der Waals surface area (Å²) in [5.74, 6) is 0.0587. The molecule has 42 heavy (non-hydrogen) atoms. The van der Waals surface area contributed by atoms with Gasteiger partial charge in [0.15, 0.2) is 0 Å². The van der Waals surface area contributed by atoms with E-state index in [0.29, 0.717) is 0 Å². The Morgan fingerprint density at radius 1 is 0.952 bits per heavy atom. The van der Waals surface area contributed by atoms with Crippen LogP contribution in [0.25, 0.3) is 10.8 Å². The van der Waals surface area contributed by atoms with Crippen LogP contribution in [0.3, 0.4) is 0 Å². The first-order valence-corrected chi connectivity index (χ1v) is 15.4. The van der Waals surface area contributed by atoms with Gasteiger partial charge in [-0.25, -0.2) is 0 Å². The van der Waals surface area contributed by atoms with Gasteiger partial charge in [0, 0.05) is 49.0 Å². The Labute approximate surface area is 256 Å². The number of fused-ring (bicyclic) bond motifs is 1. The first-order valence-electron chi connectivity index (χ1n) is 15.4. The molecule has 3 heteroatoms. The van der Waals surface area contributed by atoms with E-state index in [9.17, 15) is 0 Å². The van der Waals surface area contributed by atoms with Gasteiger partial charge in [-0.3, -0.25) is 0 Å². The second-order valence-corrected chi connectivity index (χ2v) is 10.5. The third-order valence-electron chi connectivity index (χ3n) is 7.30. The Balaban J connectivity index is 2.70. The summed E-state index contributed by atoms with van der Waals surface area (Å²) < 4.78 is 0. The molecule has 1 unspecified atom stereocenters. The van der Waals surface area contributed by atoms with E-state index in [1.807, 2.05) is 19.2 Å². The number of benzene rings is 2. The van der Waals surface area contributed by atoms with Crippen molar-refractivity contribution in [2.24, 2.45) is 0 Å². The predicted octanol–water partition coefficient (Wildman–Crippen LogP) is 10.2. The molecule has 2 rings (SSSR count). The molecule has 0 aliphatic rings. The summed E-state index contributed by atoms with van der Waals surface area (Å²) in [5, 5.41) is 9.34. The third kappa shape index (κ3) is 10.2. The van der Waals surface area contributed by atoms with E-state index in [2.05, 4.69) is 149 Å². The quantitative estimate of drug-likeness (QED) is 0.107. The van der Waals surface area contributed by atoms with E-state index in [4.69, 9.17) is 0 Å². The van der Waals surface area contributed by atoms with E-state index in [1.54, 1.807) is 0 Å². The molecule has 0 saturated carbocycles. The third-order valence-corrected chi connectivity index (χ3v) is 7.30. The van der Waals surface area contributed by atoms with Crippen molar-refractivity contribution in [1.29, 1.82) is 0 Å². The zero-order valence-corrected chi connectivity index (χ0v) is 26.9. The highest BCUT2D eigenvalue weighted by Gasteiger charge is 2.22. The van der Waals surface area contributed by atoms with Gasteiger partial charge in [0.25, 0.3) is 0 Å². The Morgan fingerprint density at radius 2 is 1.69 bits per heavy atom. The molecule has 0 bridgehead atoms. The largest absolute Gasteiger partial charge is 0.381 e. The number of nitrogens with zero attached hydrogens (tertiary/aromatic N) is 1. The predicted molar refractivity (Wildman–Crippen MR) is 189 cm³/mol. The number of allylic oxidation sites excluding steroid dienone is 12. The molecule has 3 nitrogen and oxygen atoms in total. The van der Waals surface area contributed by atoms with Crippen LogP contribution in [-0.2, 0) is 0 Å². The second-order valence-electron chi connectivity index (χ2n) is 10.5. The summed E-state index contributed by atoms with van der Waals surface area (Å²) in [6.45, 7) is 15.6. The number of unbranched alkanes of at least 4 members (excludes halogenated alkanes) is 1. The lowest BCUT2D eigenvalue weighted by Crippen LogP contribution is -2.10. The normalized spacial score (nSPS) is 14.1. The maximum atomic E-state index is 4.30. The summed E-state index contributed by atoms with van der Waals surface area (Å²) in [5.41, 5.74) is 7.40. The van der Waals surface area contributed by atoms with Gasteiger partial charge in [-0.2, -0.15) is 0 Å². The summed E-state index contributed by atoms with van der Waals surface area (Å²) in [4.78, 5) is 2.21. The molecule has 0 fully saturated rings. The maximum Gasteiger partial charge on any atom is 0.0464 e. The van der Waals surface area contributed by atoms with E-state index < -0.39 is 0 Å². The van der Waals surface area contributed by atoms with Crippen molar-refractivity contribution in [3.8, 4) is 0 Å². The van der Waals surface area contributed by atoms with Crippen LogP contribution in [-0.4, -0.2) is 32.6 Å². The molecule has 0 radical (unpaired) electrons. The van der Waals surface area contributed by atoms with E-state index >= 15 is 0 Å². The average Bonchev–Trinajstić information content (AvgIpc) is 2.99. The molecule has 2 aromatic carbocycles. The standard InChI is InChI=1S/C39H53N3/c1-9-20-32(24-18-19-30-40-6)39(31(12-4)23-14-15-25-34(13-5)42(7)8)37-28-29-38(36-27-17-16-26-35(36)37)41-33(21-10-2)22-11-3/h9-10,12,16-23,25-29,39-41H,1,4,11,13-15,24,30H2,2-3,5-8H3/b19-18-,21-10-,31-23+,32-20+,33-22+,34-25+. The maximum absolute atomic E-state index is 4.30. The monoisotopic (exact) mass is 563 g/mol. The van der Waals surface area contributed by atoms with Crippen molar-refractivity contribution in [3.05, 3.63) is 138 Å². The lowest BCUT2D eigenvalue weighted by Gasteiger charge is -2.25. The SMILES string of the molecule is C=C/C=C(\C/C=C\CNC)C(/C(C=C)=C/CC/C=C(\CC)N(C)C)c1ccc(NC(/C=C\C)=C/CC)c2ccccc12. The molecule has 2 aromatic rings. The fraction of sp³-hybridized carbons (Fsp3) is 0.333. The molecular formula is C39H53N3. The molecule has 0 aromatic heterocycles. The van der Waals surface area contributed by atoms with Crippen LogP contribution >= 0.6 is 0 Å². The van der Waals surface area contributed by atoms with Crippen LogP contribution in [0, 0.1) is 0 Å². The Hall–Kier alpha value is -3.82. The molecule has 0 amide bonds. The van der Waals surface area contributed by atoms with Gasteiger partial charge >= 0.3 is 0 Å². The summed E-state index contributed by atoms with van der Waals surface area (Å²) in [7, 11) is 6.21. The van der Waals surface area contributed by atoms with Crippen LogP contribution in [0.1, 0.15) is 64.4 Å². The lowest BCUT2D eigenvalue weighted by molar-refractivity contribution is 0.491. The minimum Gasteiger partial charge on any atom is -0.381 e. The summed E-state index contributed by atoms with van der Waals surface area (Å²) in [6, 6.07) is 13.3. The first-order chi connectivity index (χ1) is 20.4. The zero-order chi connectivity index (χ0) is 30.7. The fourth-order valence-corrected chi connectivity index (χ4v) is 5.31. The van der Waals surface area contributed by atoms with Gasteiger partial charge in [-0.05, 0) is 74.7 Å². The fourth-order valence-electron chi connectivity index (χ4n) is 5.31. The van der Waals surface area contributed by atoms with Gasteiger partial charge in [-0.1, -0.05) is 118 Å². The molecule has 0 spiro atoms. The van der Waals surface area contributed by atoms with Crippen molar-refractivity contribution in [2.45, 2.75) is 58.8 Å². The van der Waals surface area contributed by atoms with Crippen molar-refractivity contribution in [2.75, 3.05) is 33.0 Å². The molecule has 224 valence electrons. The topological polar surface area (TPSA) is 27.3 Å². The summed E-state index contributed by atoms with van der Waals surface area (Å²) in [6.07, 6.45) is 26.5. The van der Waals surface area contributed by atoms with Gasteiger partial charge in [0.05, 0.1) is 0 Å². The molecule has 0 heterocycles. The summed E-state index contributed by atoms with van der Waals surface area (Å²) >= 11 is 0. The molecule has 1 atom stereocenters. The highest BCUT2D eigenvalue weighted by Crippen LogP contribution is 2.41. The van der Waals surface area contributed by atoms with Crippen LogP contribution in [0.2, 0.25) is 0 Å². The Bertz CT molecular complexity index is 1330. The van der Waals surface area contributed by atoms with Crippen LogP contribution < -0.4 is 10.6 Å². The number of likely N-dealkylation sites (N-methyl/N-ethyl adjacent to an activating group) is 1. The van der Waals surface area contributed by atoms with E-state index in [-0.39, 0.29) is 5.92 Å². The van der Waals surface area contributed by atoms with Gasteiger partial charge in [0.1, 0.15) is 0 Å². The smallest absolute Gasteiger partial charge is 0.0464 e. The Morgan fingerprint density at radius 3 is 2.31 bits per heavy atom. The van der Waals surface area contributed by atoms with E-state index in [0.717, 1.165) is 50.0 Å². The molecular weight excluding hydrogens is 510 g/mol. The average molecular weight is 564 g/mol. The van der Waals surface area contributed by atoms with E-state index in [1.165, 1.54) is 33.2 Å². The number of hydrogen-bond donors (Lipinski definition) is 2. The molecule has 0 saturated heterocycles. The minimum atomic E-state index is 0.0587. The number of rotatable bonds is 18. The molecule has 2 N–H and O–H groups in total.